The number of rotatable bonds is 4. The fourth-order valence-corrected chi connectivity index (χ4v) is 2.57. The van der Waals surface area contributed by atoms with Gasteiger partial charge in [-0.05, 0) is 30.3 Å². The summed E-state index contributed by atoms with van der Waals surface area (Å²) in [4.78, 5) is 19.5. The van der Waals surface area contributed by atoms with Gasteiger partial charge in [-0.1, -0.05) is 6.07 Å². The predicted molar refractivity (Wildman–Crippen MR) is 98.1 cm³/mol. The lowest BCUT2D eigenvalue weighted by Gasteiger charge is -2.14. The smallest absolute Gasteiger partial charge is 0.234 e. The molecule has 7 nitrogen and oxygen atoms in total. The van der Waals surface area contributed by atoms with Crippen molar-refractivity contribution in [2.75, 3.05) is 24.3 Å². The number of hydrogen-bond donors (Lipinski definition) is 1. The van der Waals surface area contributed by atoms with E-state index in [-0.39, 0.29) is 0 Å². The maximum Gasteiger partial charge on any atom is 0.234 e. The average molecular weight is 331 g/mol. The Balaban J connectivity index is 1.67. The van der Waals surface area contributed by atoms with Crippen LogP contribution in [-0.4, -0.2) is 38.4 Å². The lowest BCUT2D eigenvalue weighted by atomic mass is 10.2. The molecule has 0 spiro atoms. The molecule has 0 fully saturated rings. The molecule has 3 heterocycles. The van der Waals surface area contributed by atoms with Crippen molar-refractivity contribution in [3.63, 3.8) is 0 Å². The van der Waals surface area contributed by atoms with Crippen LogP contribution >= 0.6 is 0 Å². The highest BCUT2D eigenvalue weighted by atomic mass is 15.1. The number of hydrogen-bond acceptors (Lipinski definition) is 6. The predicted octanol–water partition coefficient (Wildman–Crippen LogP) is 3.00. The molecule has 0 saturated carbocycles. The minimum atomic E-state index is 0.534. The van der Waals surface area contributed by atoms with Gasteiger partial charge in [-0.25, -0.2) is 19.9 Å². The van der Waals surface area contributed by atoms with Crippen LogP contribution in [-0.2, 0) is 0 Å². The van der Waals surface area contributed by atoms with Gasteiger partial charge in [0, 0.05) is 44.1 Å². The molecule has 0 saturated heterocycles. The largest absolute Gasteiger partial charge is 0.378 e. The minimum absolute atomic E-state index is 0.534. The van der Waals surface area contributed by atoms with Crippen LogP contribution in [0, 0.1) is 0 Å². The third-order valence-electron chi connectivity index (χ3n) is 3.83. The van der Waals surface area contributed by atoms with Gasteiger partial charge in [-0.15, -0.1) is 0 Å². The van der Waals surface area contributed by atoms with Gasteiger partial charge in [0.2, 0.25) is 11.7 Å². The van der Waals surface area contributed by atoms with E-state index in [4.69, 9.17) is 0 Å². The molecule has 1 aromatic carbocycles. The first-order valence-corrected chi connectivity index (χ1v) is 7.86. The number of aromatic nitrogens is 5. The normalized spacial score (nSPS) is 10.8. The van der Waals surface area contributed by atoms with E-state index in [1.165, 1.54) is 0 Å². The average Bonchev–Trinajstić information content (AvgIpc) is 3.06. The Labute approximate surface area is 145 Å². The maximum absolute atomic E-state index is 4.61. The Bertz CT molecular complexity index is 1020. The summed E-state index contributed by atoms with van der Waals surface area (Å²) >= 11 is 0. The van der Waals surface area contributed by atoms with Crippen LogP contribution in [0.3, 0.4) is 0 Å². The molecule has 0 aliphatic carbocycles. The summed E-state index contributed by atoms with van der Waals surface area (Å²) in [5.74, 6) is 1.18. The molecular weight excluding hydrogens is 314 g/mol. The molecule has 0 atom stereocenters. The van der Waals surface area contributed by atoms with E-state index in [0.717, 1.165) is 22.8 Å². The van der Waals surface area contributed by atoms with E-state index in [1.807, 2.05) is 66.0 Å². The molecule has 0 aliphatic rings. The summed E-state index contributed by atoms with van der Waals surface area (Å²) in [6.45, 7) is 0. The van der Waals surface area contributed by atoms with Crippen LogP contribution in [0.4, 0.5) is 17.3 Å². The van der Waals surface area contributed by atoms with E-state index in [9.17, 15) is 0 Å². The molecule has 7 heteroatoms. The lowest BCUT2D eigenvalue weighted by Crippen LogP contribution is -2.08. The number of anilines is 3. The van der Waals surface area contributed by atoms with Crippen molar-refractivity contribution in [2.45, 2.75) is 0 Å². The van der Waals surface area contributed by atoms with Crippen LogP contribution in [0.1, 0.15) is 0 Å². The van der Waals surface area contributed by atoms with Gasteiger partial charge >= 0.3 is 0 Å². The van der Waals surface area contributed by atoms with Crippen LogP contribution in [0.2, 0.25) is 0 Å². The molecule has 3 aromatic heterocycles. The number of imidazole rings is 1. The van der Waals surface area contributed by atoms with Gasteiger partial charge in [-0.2, -0.15) is 0 Å². The Morgan fingerprint density at radius 3 is 2.80 bits per heavy atom. The number of nitrogens with one attached hydrogen (secondary N) is 1. The third kappa shape index (κ3) is 2.99. The van der Waals surface area contributed by atoms with Crippen molar-refractivity contribution in [3.05, 3.63) is 61.2 Å². The summed E-state index contributed by atoms with van der Waals surface area (Å²) in [5, 5.41) is 3.26. The highest BCUT2D eigenvalue weighted by molar-refractivity contribution is 5.64. The lowest BCUT2D eigenvalue weighted by molar-refractivity contribution is 1.09. The first-order chi connectivity index (χ1) is 12.2. The molecule has 0 radical (unpaired) electrons. The molecule has 0 bridgehead atoms. The van der Waals surface area contributed by atoms with Crippen molar-refractivity contribution < 1.29 is 0 Å². The molecule has 0 aliphatic heterocycles. The standard InChI is InChI=1S/C18H17N7/c1-24(2)14-6-3-5-13(11-14)22-17-19-9-7-15(23-17)16-12-21-18-20-8-4-10-25(16)18/h3-12H,1-2H3,(H,19,22,23). The summed E-state index contributed by atoms with van der Waals surface area (Å²) in [7, 11) is 4.02. The molecule has 4 rings (SSSR count). The zero-order valence-corrected chi connectivity index (χ0v) is 14.0. The molecule has 4 aromatic rings. The Morgan fingerprint density at radius 2 is 1.92 bits per heavy atom. The number of fused-ring (bicyclic) bond motifs is 1. The second-order valence-corrected chi connectivity index (χ2v) is 5.77. The Kier molecular flexibility index (Phi) is 3.74. The highest BCUT2D eigenvalue weighted by Crippen LogP contribution is 2.22. The number of nitrogens with zero attached hydrogens (tertiary/aromatic N) is 6. The third-order valence-corrected chi connectivity index (χ3v) is 3.83. The van der Waals surface area contributed by atoms with Gasteiger partial charge in [0.05, 0.1) is 17.6 Å². The van der Waals surface area contributed by atoms with E-state index in [2.05, 4.69) is 25.3 Å². The van der Waals surface area contributed by atoms with Gasteiger partial charge in [0.1, 0.15) is 0 Å². The molecule has 25 heavy (non-hydrogen) atoms. The second-order valence-electron chi connectivity index (χ2n) is 5.77. The summed E-state index contributed by atoms with van der Waals surface area (Å²) in [6, 6.07) is 11.8. The van der Waals surface area contributed by atoms with E-state index < -0.39 is 0 Å². The Hall–Kier alpha value is -3.48. The summed E-state index contributed by atoms with van der Waals surface area (Å²) in [5.41, 5.74) is 3.69. The molecular formula is C18H17N7. The van der Waals surface area contributed by atoms with Gasteiger partial charge in [-0.3, -0.25) is 4.40 Å². The summed E-state index contributed by atoms with van der Waals surface area (Å²) < 4.78 is 1.90. The van der Waals surface area contributed by atoms with Crippen LogP contribution in [0.5, 0.6) is 0 Å². The monoisotopic (exact) mass is 331 g/mol. The fraction of sp³-hybridized carbons (Fsp3) is 0.111. The first-order valence-electron chi connectivity index (χ1n) is 7.86. The topological polar surface area (TPSA) is 71.2 Å². The quantitative estimate of drug-likeness (QED) is 0.620. The summed E-state index contributed by atoms with van der Waals surface area (Å²) in [6.07, 6.45) is 7.13. The van der Waals surface area contributed by atoms with Gasteiger partial charge in [0.15, 0.2) is 0 Å². The Morgan fingerprint density at radius 1 is 1.00 bits per heavy atom. The molecule has 1 N–H and O–H groups in total. The fourth-order valence-electron chi connectivity index (χ4n) is 2.57. The van der Waals surface area contributed by atoms with Crippen molar-refractivity contribution in [2.24, 2.45) is 0 Å². The van der Waals surface area contributed by atoms with Crippen LogP contribution in [0.25, 0.3) is 17.2 Å². The zero-order chi connectivity index (χ0) is 17.2. The van der Waals surface area contributed by atoms with Crippen molar-refractivity contribution >= 4 is 23.1 Å². The van der Waals surface area contributed by atoms with Crippen molar-refractivity contribution in [3.8, 4) is 11.4 Å². The maximum atomic E-state index is 4.61. The van der Waals surface area contributed by atoms with Crippen molar-refractivity contribution in [1.29, 1.82) is 0 Å². The van der Waals surface area contributed by atoms with E-state index in [1.54, 1.807) is 18.6 Å². The van der Waals surface area contributed by atoms with Gasteiger partial charge in [0.25, 0.3) is 0 Å². The van der Waals surface area contributed by atoms with Crippen molar-refractivity contribution in [1.82, 2.24) is 24.3 Å². The van der Waals surface area contributed by atoms with E-state index in [0.29, 0.717) is 11.7 Å². The molecule has 124 valence electrons. The zero-order valence-electron chi connectivity index (χ0n) is 14.0. The van der Waals surface area contributed by atoms with E-state index >= 15 is 0 Å². The van der Waals surface area contributed by atoms with Crippen LogP contribution in [0.15, 0.2) is 61.2 Å². The minimum Gasteiger partial charge on any atom is -0.378 e. The second kappa shape index (κ2) is 6.20. The number of benzene rings is 1. The van der Waals surface area contributed by atoms with Crippen LogP contribution < -0.4 is 10.2 Å². The molecule has 0 amide bonds. The van der Waals surface area contributed by atoms with Gasteiger partial charge < -0.3 is 10.2 Å². The highest BCUT2D eigenvalue weighted by Gasteiger charge is 2.09. The first kappa shape index (κ1) is 15.1. The SMILES string of the molecule is CN(C)c1cccc(Nc2nccc(-c3cnc4ncccn34)n2)c1. The molecule has 0 unspecified atom stereocenters.